The highest BCUT2D eigenvalue weighted by atomic mass is 32.1. The van der Waals surface area contributed by atoms with E-state index >= 15 is 0 Å². The number of benzene rings is 9. The van der Waals surface area contributed by atoms with Gasteiger partial charge in [-0.15, -0.1) is 11.3 Å². The second kappa shape index (κ2) is 11.9. The highest BCUT2D eigenvalue weighted by molar-refractivity contribution is 7.25. The van der Waals surface area contributed by atoms with Gasteiger partial charge in [-0.2, -0.15) is 0 Å². The van der Waals surface area contributed by atoms with Crippen LogP contribution in [-0.4, -0.2) is 9.97 Å². The predicted octanol–water partition coefficient (Wildman–Crippen LogP) is 14.1. The van der Waals surface area contributed by atoms with Crippen LogP contribution >= 0.6 is 11.3 Å². The summed E-state index contributed by atoms with van der Waals surface area (Å²) in [6, 6.07) is 63.6. The molecule has 246 valence electrons. The lowest BCUT2D eigenvalue weighted by Crippen LogP contribution is -1.92. The van der Waals surface area contributed by atoms with E-state index in [2.05, 4.69) is 176 Å². The molecule has 0 amide bonds. The molecule has 2 aromatic heterocycles. The minimum Gasteiger partial charge on any atom is -0.252 e. The Morgan fingerprint density at radius 2 is 0.868 bits per heavy atom. The Labute approximate surface area is 310 Å². The van der Waals surface area contributed by atoms with Gasteiger partial charge in [0.25, 0.3) is 0 Å². The summed E-state index contributed by atoms with van der Waals surface area (Å²) in [5.41, 5.74) is 11.0. The average molecular weight is 691 g/mol. The van der Waals surface area contributed by atoms with Crippen LogP contribution in [0.15, 0.2) is 182 Å². The van der Waals surface area contributed by atoms with E-state index in [9.17, 15) is 0 Å². The van der Waals surface area contributed by atoms with Crippen LogP contribution in [0.5, 0.6) is 0 Å². The molecule has 0 unspecified atom stereocenters. The summed E-state index contributed by atoms with van der Waals surface area (Å²) in [6.07, 6.45) is 1.92. The molecule has 0 atom stereocenters. The molecule has 11 rings (SSSR count). The summed E-state index contributed by atoms with van der Waals surface area (Å²) in [5, 5.41) is 9.83. The number of hydrogen-bond acceptors (Lipinski definition) is 3. The Bertz CT molecular complexity index is 3190. The van der Waals surface area contributed by atoms with Crippen molar-refractivity contribution in [3.05, 3.63) is 182 Å². The molecule has 9 aromatic carbocycles. The lowest BCUT2D eigenvalue weighted by molar-refractivity contribution is 1.31. The van der Waals surface area contributed by atoms with Crippen LogP contribution in [0, 0.1) is 0 Å². The molecule has 2 heterocycles. The van der Waals surface area contributed by atoms with Crippen molar-refractivity contribution in [1.29, 1.82) is 0 Å². The molecule has 2 nitrogen and oxygen atoms in total. The summed E-state index contributed by atoms with van der Waals surface area (Å²) in [7, 11) is 0. The van der Waals surface area contributed by atoms with Crippen molar-refractivity contribution in [2.24, 2.45) is 0 Å². The molecule has 0 spiro atoms. The third-order valence-corrected chi connectivity index (χ3v) is 11.9. The van der Waals surface area contributed by atoms with E-state index in [1.54, 1.807) is 0 Å². The zero-order valence-corrected chi connectivity index (χ0v) is 29.4. The van der Waals surface area contributed by atoms with E-state index in [1.807, 2.05) is 17.5 Å². The summed E-state index contributed by atoms with van der Waals surface area (Å²) in [6.45, 7) is 0. The van der Waals surface area contributed by atoms with Crippen LogP contribution in [0.3, 0.4) is 0 Å². The second-order valence-electron chi connectivity index (χ2n) is 13.7. The summed E-state index contributed by atoms with van der Waals surface area (Å²) >= 11 is 1.86. The van der Waals surface area contributed by atoms with Gasteiger partial charge in [-0.05, 0) is 79.2 Å². The smallest absolute Gasteiger partial charge is 0.0979 e. The van der Waals surface area contributed by atoms with Crippen molar-refractivity contribution in [2.75, 3.05) is 0 Å². The number of hydrogen-bond donors (Lipinski definition) is 0. The summed E-state index contributed by atoms with van der Waals surface area (Å²) in [4.78, 5) is 10.2. The van der Waals surface area contributed by atoms with Gasteiger partial charge in [0.2, 0.25) is 0 Å². The van der Waals surface area contributed by atoms with E-state index in [0.29, 0.717) is 0 Å². The molecule has 0 saturated carbocycles. The zero-order chi connectivity index (χ0) is 34.9. The van der Waals surface area contributed by atoms with E-state index in [1.165, 1.54) is 64.0 Å². The van der Waals surface area contributed by atoms with Gasteiger partial charge in [0.05, 0.1) is 22.9 Å². The summed E-state index contributed by atoms with van der Waals surface area (Å²) < 4.78 is 2.66. The Morgan fingerprint density at radius 3 is 1.60 bits per heavy atom. The maximum Gasteiger partial charge on any atom is 0.0979 e. The van der Waals surface area contributed by atoms with E-state index in [0.717, 1.165) is 44.2 Å². The highest BCUT2D eigenvalue weighted by Crippen LogP contribution is 2.41. The molecule has 0 bridgehead atoms. The van der Waals surface area contributed by atoms with Gasteiger partial charge >= 0.3 is 0 Å². The standard InChI is InChI=1S/C50H30N2S/c1-2-13-39-37(34-24-27-48-45(29-34)42-16-7-8-19-47(42)53-48)26-25-36(38(39)12-1)32-22-20-31(21-23-32)33-10-9-11-35(28-33)46-30-51-49-43-17-5-3-14-40(43)41-15-4-6-18-44(41)50(49)52-46/h1-30H. The molecule has 0 radical (unpaired) electrons. The molecule has 0 aliphatic heterocycles. The fourth-order valence-electron chi connectivity index (χ4n) is 8.16. The third-order valence-electron chi connectivity index (χ3n) is 10.7. The van der Waals surface area contributed by atoms with Crippen molar-refractivity contribution >= 4 is 74.9 Å². The lowest BCUT2D eigenvalue weighted by Gasteiger charge is -2.13. The second-order valence-corrected chi connectivity index (χ2v) is 14.8. The first kappa shape index (κ1) is 30.0. The van der Waals surface area contributed by atoms with Crippen LogP contribution in [0.25, 0.3) is 108 Å². The minimum atomic E-state index is 0.870. The maximum atomic E-state index is 5.23. The van der Waals surface area contributed by atoms with Gasteiger partial charge in [0.15, 0.2) is 0 Å². The molecular formula is C50H30N2S. The Morgan fingerprint density at radius 1 is 0.321 bits per heavy atom. The number of fused-ring (bicyclic) bond motifs is 10. The first-order valence-corrected chi connectivity index (χ1v) is 18.8. The SMILES string of the molecule is c1cc(-c2ccc(-c3ccc(-c4ccc5sc6ccccc6c5c4)c4ccccc34)cc2)cc(-c2cnc3c4ccccc4c4ccccc4c3n2)c1. The molecule has 0 saturated heterocycles. The van der Waals surface area contributed by atoms with Gasteiger partial charge in [-0.1, -0.05) is 152 Å². The van der Waals surface area contributed by atoms with Crippen LogP contribution < -0.4 is 0 Å². The van der Waals surface area contributed by atoms with Crippen LogP contribution in [0.4, 0.5) is 0 Å². The van der Waals surface area contributed by atoms with Crippen molar-refractivity contribution in [3.63, 3.8) is 0 Å². The lowest BCUT2D eigenvalue weighted by atomic mass is 9.91. The molecule has 11 aromatic rings. The Hall–Kier alpha value is -6.68. The van der Waals surface area contributed by atoms with Crippen LogP contribution in [-0.2, 0) is 0 Å². The maximum absolute atomic E-state index is 5.23. The number of nitrogens with zero attached hydrogens (tertiary/aromatic N) is 2. The topological polar surface area (TPSA) is 25.8 Å². The van der Waals surface area contributed by atoms with Crippen molar-refractivity contribution in [1.82, 2.24) is 9.97 Å². The van der Waals surface area contributed by atoms with Gasteiger partial charge < -0.3 is 0 Å². The minimum absolute atomic E-state index is 0.870. The Kier molecular flexibility index (Phi) is 6.76. The first-order chi connectivity index (χ1) is 26.3. The average Bonchev–Trinajstić information content (AvgIpc) is 3.61. The van der Waals surface area contributed by atoms with Crippen LogP contribution in [0.1, 0.15) is 0 Å². The molecule has 0 aliphatic rings. The quantitative estimate of drug-likeness (QED) is 0.172. The number of rotatable bonds is 4. The summed E-state index contributed by atoms with van der Waals surface area (Å²) in [5.74, 6) is 0. The van der Waals surface area contributed by atoms with Crippen molar-refractivity contribution in [3.8, 4) is 44.6 Å². The Balaban J connectivity index is 0.953. The van der Waals surface area contributed by atoms with E-state index < -0.39 is 0 Å². The largest absolute Gasteiger partial charge is 0.252 e. The van der Waals surface area contributed by atoms with Crippen molar-refractivity contribution < 1.29 is 0 Å². The normalized spacial score (nSPS) is 11.8. The van der Waals surface area contributed by atoms with Gasteiger partial charge in [-0.25, -0.2) is 4.98 Å². The number of aromatic nitrogens is 2. The third kappa shape index (κ3) is 4.86. The fourth-order valence-corrected chi connectivity index (χ4v) is 9.24. The molecule has 0 aliphatic carbocycles. The monoisotopic (exact) mass is 690 g/mol. The van der Waals surface area contributed by atoms with Gasteiger partial charge in [-0.3, -0.25) is 4.98 Å². The zero-order valence-electron chi connectivity index (χ0n) is 28.6. The fraction of sp³-hybridized carbons (Fsp3) is 0. The molecule has 53 heavy (non-hydrogen) atoms. The van der Waals surface area contributed by atoms with Gasteiger partial charge in [0.1, 0.15) is 0 Å². The molecule has 0 fully saturated rings. The van der Waals surface area contributed by atoms with Crippen molar-refractivity contribution in [2.45, 2.75) is 0 Å². The van der Waals surface area contributed by atoms with Crippen LogP contribution in [0.2, 0.25) is 0 Å². The van der Waals surface area contributed by atoms with E-state index in [4.69, 9.17) is 9.97 Å². The highest BCUT2D eigenvalue weighted by Gasteiger charge is 2.14. The van der Waals surface area contributed by atoms with Gasteiger partial charge in [0, 0.05) is 36.5 Å². The molecular weight excluding hydrogens is 661 g/mol. The number of thiophene rings is 1. The predicted molar refractivity (Wildman–Crippen MR) is 227 cm³/mol. The molecule has 0 N–H and O–H groups in total. The first-order valence-electron chi connectivity index (χ1n) is 18.0. The van der Waals surface area contributed by atoms with E-state index in [-0.39, 0.29) is 0 Å². The molecule has 3 heteroatoms.